The Morgan fingerprint density at radius 3 is 1.93 bits per heavy atom. The van der Waals surface area contributed by atoms with Crippen molar-refractivity contribution >= 4 is 39.3 Å². The van der Waals surface area contributed by atoms with Gasteiger partial charge < -0.3 is 14.6 Å². The normalized spacial score (nSPS) is 16.6. The number of rotatable bonds is 7. The number of ketones is 1. The van der Waals surface area contributed by atoms with E-state index in [-0.39, 0.29) is 0 Å². The Balaban J connectivity index is -0.000000168. The number of methoxy groups -OCH3 is 1. The van der Waals surface area contributed by atoms with E-state index in [1.54, 1.807) is 6.92 Å². The third-order valence-electron chi connectivity index (χ3n) is 3.02. The molecular weight excluding hydrogens is 396 g/mol. The summed E-state index contributed by atoms with van der Waals surface area (Å²) in [6.45, 7) is 16.0. The number of carbonyl (C=O) groups is 3. The van der Waals surface area contributed by atoms with Crippen molar-refractivity contribution in [2.24, 2.45) is 0 Å². The third kappa shape index (κ3) is 27.3. The number of unbranched alkanes of at least 4 members (excludes halogenated alkanes) is 1. The molecule has 0 aliphatic carbocycles. The van der Waals surface area contributed by atoms with Crippen LogP contribution in [0.2, 0.25) is 0 Å². The first kappa shape index (κ1) is 34.5. The highest BCUT2D eigenvalue weighted by atomic mass is 33.1. The Kier molecular flexibility index (Phi) is 32.1. The number of carbonyl (C=O) groups excluding carboxylic acids is 2. The molecule has 1 rings (SSSR count). The van der Waals surface area contributed by atoms with E-state index in [0.29, 0.717) is 16.6 Å². The van der Waals surface area contributed by atoms with Crippen molar-refractivity contribution < 1.29 is 24.2 Å². The van der Waals surface area contributed by atoms with Crippen molar-refractivity contribution in [3.8, 4) is 0 Å². The highest BCUT2D eigenvalue weighted by molar-refractivity contribution is 8.77. The van der Waals surface area contributed by atoms with Crippen molar-refractivity contribution in [1.29, 1.82) is 0 Å². The second kappa shape index (κ2) is 26.1. The zero-order valence-electron chi connectivity index (χ0n) is 19.3. The molecule has 0 saturated carbocycles. The van der Waals surface area contributed by atoms with Gasteiger partial charge in [-0.15, -0.1) is 0 Å². The largest absolute Gasteiger partial charge is 0.478 e. The molecule has 0 radical (unpaired) electrons. The molecule has 0 bridgehead atoms. The summed E-state index contributed by atoms with van der Waals surface area (Å²) in [4.78, 5) is 30.6. The molecule has 0 aromatic rings. The minimum Gasteiger partial charge on any atom is -0.478 e. The maximum Gasteiger partial charge on any atom is 0.330 e. The number of aliphatic carboxylic acids is 1. The van der Waals surface area contributed by atoms with Crippen LogP contribution in [0.3, 0.4) is 0 Å². The number of carboxylic acids is 1. The van der Waals surface area contributed by atoms with Gasteiger partial charge in [-0.1, -0.05) is 69.6 Å². The predicted molar refractivity (Wildman–Crippen MR) is 125 cm³/mol. The molecule has 0 unspecified atom stereocenters. The van der Waals surface area contributed by atoms with Gasteiger partial charge in [0.05, 0.1) is 7.11 Å². The van der Waals surface area contributed by atoms with E-state index in [0.717, 1.165) is 18.9 Å². The maximum absolute atomic E-state index is 10.7. The van der Waals surface area contributed by atoms with E-state index < -0.39 is 11.9 Å². The van der Waals surface area contributed by atoms with Crippen molar-refractivity contribution in [1.82, 2.24) is 0 Å². The molecule has 5 nitrogen and oxygen atoms in total. The minimum absolute atomic E-state index is 0.332. The van der Waals surface area contributed by atoms with Crippen LogP contribution < -0.4 is 0 Å². The molecule has 7 heteroatoms. The van der Waals surface area contributed by atoms with Crippen LogP contribution in [0.15, 0.2) is 12.2 Å². The number of ether oxygens (including phenoxy) is 1. The summed E-state index contributed by atoms with van der Waals surface area (Å²) < 4.78 is 4.61. The van der Waals surface area contributed by atoms with Gasteiger partial charge in [0.1, 0.15) is 5.78 Å². The first-order valence-electron chi connectivity index (χ1n) is 10.1. The maximum atomic E-state index is 10.7. The molecule has 1 heterocycles. The third-order valence-corrected chi connectivity index (χ3v) is 6.38. The summed E-state index contributed by atoms with van der Waals surface area (Å²) >= 11 is 0. The lowest BCUT2D eigenvalue weighted by Gasteiger charge is -2.20. The van der Waals surface area contributed by atoms with Gasteiger partial charge >= 0.3 is 11.9 Å². The van der Waals surface area contributed by atoms with Crippen LogP contribution in [0.5, 0.6) is 0 Å². The number of esters is 1. The molecule has 1 aliphatic heterocycles. The van der Waals surface area contributed by atoms with E-state index in [2.05, 4.69) is 11.7 Å². The monoisotopic (exact) mass is 438 g/mol. The van der Waals surface area contributed by atoms with Crippen LogP contribution in [0.4, 0.5) is 0 Å². The zero-order chi connectivity index (χ0) is 23.0. The number of hydrogen-bond acceptors (Lipinski definition) is 6. The lowest BCUT2D eigenvalue weighted by atomic mass is 9.99. The molecule has 0 aromatic heterocycles. The Labute approximate surface area is 180 Å². The first-order chi connectivity index (χ1) is 13.3. The standard InChI is InChI=1S/C10H18OS2.C5H6O4.3C2H6/c1-9(11)5-3-4-6-10(2)7-8-12-13-10;1-9-5(8)3-2-4(6)7;3*1-2/h3-8H2,1-2H3;2-3H,1H3,(H,6,7);3*1-2H3/b;3-2+;;;/t10-;;;;/m1..../s1. The Morgan fingerprint density at radius 1 is 1.04 bits per heavy atom. The summed E-state index contributed by atoms with van der Waals surface area (Å²) in [6, 6.07) is 0. The highest BCUT2D eigenvalue weighted by Crippen LogP contribution is 2.49. The van der Waals surface area contributed by atoms with E-state index in [9.17, 15) is 14.4 Å². The lowest BCUT2D eigenvalue weighted by molar-refractivity contribution is -0.136. The average Bonchev–Trinajstić information content (AvgIpc) is 3.15. The SMILES string of the molecule is CC.CC.CC.CC(=O)CCCC[C@]1(C)CCSS1.COC(=O)/C=C/C(=O)O. The summed E-state index contributed by atoms with van der Waals surface area (Å²) in [5.41, 5.74) is 0. The molecule has 1 saturated heterocycles. The van der Waals surface area contributed by atoms with Gasteiger partial charge in [-0.25, -0.2) is 9.59 Å². The number of carboxylic acid groups (broad SMARTS) is 1. The molecule has 1 fully saturated rings. The fourth-order valence-electron chi connectivity index (χ4n) is 1.73. The Morgan fingerprint density at radius 2 is 1.57 bits per heavy atom. The minimum atomic E-state index is -1.17. The first-order valence-corrected chi connectivity index (χ1v) is 12.4. The van der Waals surface area contributed by atoms with Crippen LogP contribution in [-0.2, 0) is 19.1 Å². The van der Waals surface area contributed by atoms with Gasteiger partial charge in [-0.3, -0.25) is 0 Å². The molecule has 1 atom stereocenters. The van der Waals surface area contributed by atoms with Crippen molar-refractivity contribution in [3.05, 3.63) is 12.2 Å². The van der Waals surface area contributed by atoms with E-state index in [4.69, 9.17) is 5.11 Å². The predicted octanol–water partition coefficient (Wildman–Crippen LogP) is 6.56. The van der Waals surface area contributed by atoms with E-state index in [1.807, 2.05) is 63.1 Å². The molecule has 0 spiro atoms. The molecule has 0 amide bonds. The quantitative estimate of drug-likeness (QED) is 0.209. The van der Waals surface area contributed by atoms with Gasteiger partial charge in [0.25, 0.3) is 0 Å². The van der Waals surface area contributed by atoms with Gasteiger partial charge in [-0.2, -0.15) is 0 Å². The number of hydrogen-bond donors (Lipinski definition) is 1. The van der Waals surface area contributed by atoms with Crippen molar-refractivity contribution in [2.45, 2.75) is 92.2 Å². The second-order valence-corrected chi connectivity index (χ2v) is 8.21. The van der Waals surface area contributed by atoms with E-state index in [1.165, 1.54) is 32.1 Å². The van der Waals surface area contributed by atoms with Gasteiger partial charge in [0.2, 0.25) is 0 Å². The van der Waals surface area contributed by atoms with Crippen molar-refractivity contribution in [2.75, 3.05) is 12.9 Å². The zero-order valence-corrected chi connectivity index (χ0v) is 20.9. The van der Waals surface area contributed by atoms with Gasteiger partial charge in [0.15, 0.2) is 0 Å². The summed E-state index contributed by atoms with van der Waals surface area (Å²) in [5.74, 6) is -0.204. The van der Waals surface area contributed by atoms with Crippen LogP contribution in [-0.4, -0.2) is 40.4 Å². The average molecular weight is 439 g/mol. The molecular formula is C21H42O5S2. The Hall–Kier alpha value is -0.950. The van der Waals surface area contributed by atoms with Gasteiger partial charge in [-0.05, 0) is 33.1 Å². The molecule has 168 valence electrons. The second-order valence-electron chi connectivity index (χ2n) is 5.21. The fraction of sp³-hybridized carbons (Fsp3) is 0.762. The van der Waals surface area contributed by atoms with Crippen LogP contribution in [0.1, 0.15) is 87.5 Å². The van der Waals surface area contributed by atoms with Crippen LogP contribution >= 0.6 is 21.6 Å². The van der Waals surface area contributed by atoms with Crippen LogP contribution in [0.25, 0.3) is 0 Å². The highest BCUT2D eigenvalue weighted by Gasteiger charge is 2.29. The van der Waals surface area contributed by atoms with E-state index >= 15 is 0 Å². The summed E-state index contributed by atoms with van der Waals surface area (Å²) in [7, 11) is 5.21. The van der Waals surface area contributed by atoms with Crippen LogP contribution in [0, 0.1) is 0 Å². The lowest BCUT2D eigenvalue weighted by Crippen LogP contribution is -2.15. The molecule has 28 heavy (non-hydrogen) atoms. The van der Waals surface area contributed by atoms with Crippen molar-refractivity contribution in [3.63, 3.8) is 0 Å². The van der Waals surface area contributed by atoms with Gasteiger partial charge in [0, 0.05) is 29.1 Å². The summed E-state index contributed by atoms with van der Waals surface area (Å²) in [6.07, 6.45) is 7.22. The molecule has 1 N–H and O–H groups in total. The molecule has 0 aromatic carbocycles. The topological polar surface area (TPSA) is 80.7 Å². The molecule has 1 aliphatic rings. The Bertz CT molecular complexity index is 404. The smallest absolute Gasteiger partial charge is 0.330 e. The fourth-order valence-corrected chi connectivity index (χ4v) is 5.03. The number of Topliss-reactive ketones (excluding diaryl/α,β-unsaturated/α-hetero) is 1. The summed E-state index contributed by atoms with van der Waals surface area (Å²) in [5, 5.41) is 7.96.